The van der Waals surface area contributed by atoms with Crippen molar-refractivity contribution < 1.29 is 14.7 Å². The molecule has 3 nitrogen and oxygen atoms in total. The second kappa shape index (κ2) is 12.3. The van der Waals surface area contributed by atoms with Crippen molar-refractivity contribution in [3.8, 4) is 0 Å². The van der Waals surface area contributed by atoms with Crippen molar-refractivity contribution in [2.24, 2.45) is 0 Å². The Morgan fingerprint density at radius 1 is 1.50 bits per heavy atom. The molecule has 1 heterocycles. The van der Waals surface area contributed by atoms with E-state index in [2.05, 4.69) is 24.6 Å². The van der Waals surface area contributed by atoms with Crippen molar-refractivity contribution >= 4 is 33.3 Å². The average molecular weight is 234 g/mol. The molecule has 1 aliphatic rings. The van der Waals surface area contributed by atoms with Gasteiger partial charge in [-0.25, -0.2) is 0 Å². The maximum atomic E-state index is 9.87. The Balaban J connectivity index is 0. The topological polar surface area (TPSA) is 54.4 Å². The van der Waals surface area contributed by atoms with Gasteiger partial charge in [-0.1, -0.05) is 27.7 Å². The normalized spacial score (nSPS) is 11.8. The van der Waals surface area contributed by atoms with Gasteiger partial charge < -0.3 is 5.11 Å². The van der Waals surface area contributed by atoms with Crippen molar-refractivity contribution in [3.63, 3.8) is 0 Å². The standard InChI is InChI=1S/C4H6O3.C3H4S2.C2H4/c1-3(5)2-4(6)7;1-2-4-5-3-1;1-2/h2H2,1H3,(H,6,7);1-2H,3H2;1-2H2. The van der Waals surface area contributed by atoms with Crippen LogP contribution in [0.15, 0.2) is 24.6 Å². The second-order valence-corrected chi connectivity index (χ2v) is 4.34. The first-order valence-electron chi connectivity index (χ1n) is 3.77. The molecule has 0 saturated heterocycles. The van der Waals surface area contributed by atoms with Gasteiger partial charge in [0.25, 0.3) is 0 Å². The summed E-state index contributed by atoms with van der Waals surface area (Å²) in [4.78, 5) is 19.5. The molecule has 0 fully saturated rings. The van der Waals surface area contributed by atoms with Gasteiger partial charge in [0, 0.05) is 5.75 Å². The molecule has 0 bridgehead atoms. The third-order valence-electron chi connectivity index (χ3n) is 0.784. The molecule has 1 aliphatic heterocycles. The van der Waals surface area contributed by atoms with Crippen molar-refractivity contribution in [1.82, 2.24) is 0 Å². The van der Waals surface area contributed by atoms with Crippen LogP contribution in [-0.2, 0) is 9.59 Å². The number of carbonyl (C=O) groups is 2. The van der Waals surface area contributed by atoms with E-state index in [4.69, 9.17) is 5.11 Å². The fraction of sp³-hybridized carbons (Fsp3) is 0.333. The fourth-order valence-electron chi connectivity index (χ4n) is 0.409. The van der Waals surface area contributed by atoms with Crippen LogP contribution in [0.3, 0.4) is 0 Å². The molecule has 5 heteroatoms. The highest BCUT2D eigenvalue weighted by Crippen LogP contribution is 2.27. The first-order chi connectivity index (χ1) is 6.63. The lowest BCUT2D eigenvalue weighted by molar-refractivity contribution is -0.139. The lowest BCUT2D eigenvalue weighted by atomic mass is 10.3. The summed E-state index contributed by atoms with van der Waals surface area (Å²) < 4.78 is 0. The number of carbonyl (C=O) groups excluding carboxylic acids is 1. The van der Waals surface area contributed by atoms with Crippen molar-refractivity contribution in [3.05, 3.63) is 24.6 Å². The summed E-state index contributed by atoms with van der Waals surface area (Å²) in [7, 11) is 3.69. The SMILES string of the molecule is C1=CSSC1.C=C.CC(=O)CC(=O)O. The first-order valence-corrected chi connectivity index (χ1v) is 6.15. The second-order valence-electron chi connectivity index (χ2n) is 2.03. The summed E-state index contributed by atoms with van der Waals surface area (Å²) in [6.45, 7) is 7.24. The third-order valence-corrected chi connectivity index (χ3v) is 2.70. The van der Waals surface area contributed by atoms with Crippen LogP contribution in [0.2, 0.25) is 0 Å². The van der Waals surface area contributed by atoms with Crippen LogP contribution in [0, 0.1) is 0 Å². The van der Waals surface area contributed by atoms with Crippen LogP contribution in [0.25, 0.3) is 0 Å². The first kappa shape index (κ1) is 15.8. The Bertz CT molecular complexity index is 184. The molecule has 80 valence electrons. The third kappa shape index (κ3) is 17.4. The van der Waals surface area contributed by atoms with Crippen LogP contribution in [0.4, 0.5) is 0 Å². The predicted molar refractivity (Wildman–Crippen MR) is 63.4 cm³/mol. The zero-order chi connectivity index (χ0) is 11.4. The molecule has 0 atom stereocenters. The van der Waals surface area contributed by atoms with Crippen LogP contribution in [-0.4, -0.2) is 22.6 Å². The smallest absolute Gasteiger partial charge is 0.310 e. The lowest BCUT2D eigenvalue weighted by Gasteiger charge is -1.80. The summed E-state index contributed by atoms with van der Waals surface area (Å²) in [5.41, 5.74) is 0. The summed E-state index contributed by atoms with van der Waals surface area (Å²) in [6.07, 6.45) is 1.80. The predicted octanol–water partition coefficient (Wildman–Crippen LogP) is 2.75. The van der Waals surface area contributed by atoms with E-state index in [1.54, 1.807) is 0 Å². The minimum atomic E-state index is -1.06. The quantitative estimate of drug-likeness (QED) is 0.452. The highest BCUT2D eigenvalue weighted by molar-refractivity contribution is 8.78. The van der Waals surface area contributed by atoms with E-state index < -0.39 is 5.97 Å². The Labute approximate surface area is 92.0 Å². The number of ketones is 1. The fourth-order valence-corrected chi connectivity index (χ4v) is 1.98. The van der Waals surface area contributed by atoms with Gasteiger partial charge in [0.2, 0.25) is 0 Å². The van der Waals surface area contributed by atoms with Gasteiger partial charge >= 0.3 is 5.97 Å². The Morgan fingerprint density at radius 2 is 2.07 bits per heavy atom. The van der Waals surface area contributed by atoms with Crippen LogP contribution >= 0.6 is 21.6 Å². The average Bonchev–Trinajstić information content (AvgIpc) is 2.61. The molecule has 1 rings (SSSR count). The maximum Gasteiger partial charge on any atom is 0.310 e. The number of carboxylic acids is 1. The zero-order valence-electron chi connectivity index (χ0n) is 8.06. The number of rotatable bonds is 2. The van der Waals surface area contributed by atoms with E-state index in [-0.39, 0.29) is 12.2 Å². The van der Waals surface area contributed by atoms with Crippen molar-refractivity contribution in [1.29, 1.82) is 0 Å². The molecule has 0 aliphatic carbocycles. The van der Waals surface area contributed by atoms with Gasteiger partial charge in [-0.15, -0.1) is 13.2 Å². The molecule has 0 aromatic carbocycles. The van der Waals surface area contributed by atoms with E-state index >= 15 is 0 Å². The molecule has 0 radical (unpaired) electrons. The Hall–Kier alpha value is -0.680. The Kier molecular flexibility index (Phi) is 13.9. The minimum Gasteiger partial charge on any atom is -0.481 e. The van der Waals surface area contributed by atoms with E-state index in [9.17, 15) is 9.59 Å². The number of hydrogen-bond donors (Lipinski definition) is 1. The number of carboxylic acid groups (broad SMARTS) is 1. The summed E-state index contributed by atoms with van der Waals surface area (Å²) >= 11 is 0. The summed E-state index contributed by atoms with van der Waals surface area (Å²) in [5.74, 6) is -0.176. The summed E-state index contributed by atoms with van der Waals surface area (Å²) in [6, 6.07) is 0. The zero-order valence-corrected chi connectivity index (χ0v) is 9.70. The van der Waals surface area contributed by atoms with Crippen molar-refractivity contribution in [2.75, 3.05) is 5.75 Å². The molecular formula is C9H14O3S2. The van der Waals surface area contributed by atoms with Crippen molar-refractivity contribution in [2.45, 2.75) is 13.3 Å². The van der Waals surface area contributed by atoms with Gasteiger partial charge in [-0.3, -0.25) is 9.59 Å². The number of aliphatic carboxylic acids is 1. The molecule has 0 saturated carbocycles. The molecule has 0 spiro atoms. The van der Waals surface area contributed by atoms with E-state index in [0.717, 1.165) is 0 Å². The maximum absolute atomic E-state index is 9.87. The minimum absolute atomic E-state index is 0.312. The largest absolute Gasteiger partial charge is 0.481 e. The van der Waals surface area contributed by atoms with E-state index in [0.29, 0.717) is 0 Å². The van der Waals surface area contributed by atoms with Gasteiger partial charge in [0.15, 0.2) is 0 Å². The Morgan fingerprint density at radius 3 is 2.14 bits per heavy atom. The van der Waals surface area contributed by atoms with Gasteiger partial charge in [-0.05, 0) is 12.3 Å². The van der Waals surface area contributed by atoms with Gasteiger partial charge in [0.1, 0.15) is 12.2 Å². The van der Waals surface area contributed by atoms with Crippen LogP contribution in [0.5, 0.6) is 0 Å². The highest BCUT2D eigenvalue weighted by atomic mass is 33.1. The monoisotopic (exact) mass is 234 g/mol. The van der Waals surface area contributed by atoms with Gasteiger partial charge in [-0.2, -0.15) is 0 Å². The number of hydrogen-bond acceptors (Lipinski definition) is 4. The highest BCUT2D eigenvalue weighted by Gasteiger charge is 1.98. The van der Waals surface area contributed by atoms with Crippen LogP contribution < -0.4 is 0 Å². The molecule has 0 aromatic rings. The molecule has 0 unspecified atom stereocenters. The molecule has 0 aromatic heterocycles. The number of Topliss-reactive ketones (excluding diaryl/α,β-unsaturated/α-hetero) is 1. The van der Waals surface area contributed by atoms with E-state index in [1.165, 1.54) is 12.7 Å². The molecule has 14 heavy (non-hydrogen) atoms. The summed E-state index contributed by atoms with van der Waals surface area (Å²) in [5, 5.41) is 9.98. The van der Waals surface area contributed by atoms with Crippen LogP contribution in [0.1, 0.15) is 13.3 Å². The molecule has 0 amide bonds. The van der Waals surface area contributed by atoms with E-state index in [1.807, 2.05) is 21.6 Å². The molecular weight excluding hydrogens is 220 g/mol. The molecule has 1 N–H and O–H groups in total. The lowest BCUT2D eigenvalue weighted by Crippen LogP contribution is -2.00. The van der Waals surface area contributed by atoms with Gasteiger partial charge in [0.05, 0.1) is 0 Å².